The summed E-state index contributed by atoms with van der Waals surface area (Å²) in [4.78, 5) is 28.2. The molecule has 126 valence electrons. The second-order valence-corrected chi connectivity index (χ2v) is 6.82. The van der Waals surface area contributed by atoms with Crippen molar-refractivity contribution < 1.29 is 19.1 Å². The van der Waals surface area contributed by atoms with Gasteiger partial charge in [-0.1, -0.05) is 23.7 Å². The van der Waals surface area contributed by atoms with Crippen LogP contribution in [0.25, 0.3) is 0 Å². The third kappa shape index (κ3) is 3.44. The van der Waals surface area contributed by atoms with Crippen LogP contribution >= 0.6 is 22.9 Å². The maximum absolute atomic E-state index is 12.5. The molecule has 1 aliphatic rings. The highest BCUT2D eigenvalue weighted by molar-refractivity contribution is 7.11. The lowest BCUT2D eigenvalue weighted by molar-refractivity contribution is -0.148. The number of halogens is 1. The SMILES string of the molecule is CCOC(=O)c1nc(COC(=O)C2(c3ccc(Cl)cc3)CC2)cs1. The van der Waals surface area contributed by atoms with Crippen molar-refractivity contribution in [2.45, 2.75) is 31.8 Å². The third-order valence-electron chi connectivity index (χ3n) is 3.89. The fourth-order valence-electron chi connectivity index (χ4n) is 2.44. The predicted molar refractivity (Wildman–Crippen MR) is 90.2 cm³/mol. The quantitative estimate of drug-likeness (QED) is 0.729. The van der Waals surface area contributed by atoms with Gasteiger partial charge in [0.05, 0.1) is 17.7 Å². The van der Waals surface area contributed by atoms with E-state index in [1.54, 1.807) is 24.4 Å². The van der Waals surface area contributed by atoms with E-state index in [2.05, 4.69) is 4.98 Å². The van der Waals surface area contributed by atoms with Gasteiger partial charge in [-0.15, -0.1) is 11.3 Å². The summed E-state index contributed by atoms with van der Waals surface area (Å²) < 4.78 is 10.3. The summed E-state index contributed by atoms with van der Waals surface area (Å²) >= 11 is 7.07. The topological polar surface area (TPSA) is 65.5 Å². The van der Waals surface area contributed by atoms with Crippen LogP contribution < -0.4 is 0 Å². The number of ether oxygens (including phenoxy) is 2. The van der Waals surface area contributed by atoms with Gasteiger partial charge in [-0.2, -0.15) is 0 Å². The summed E-state index contributed by atoms with van der Waals surface area (Å²) in [6.45, 7) is 2.08. The van der Waals surface area contributed by atoms with E-state index in [1.807, 2.05) is 12.1 Å². The van der Waals surface area contributed by atoms with Gasteiger partial charge in [0.25, 0.3) is 0 Å². The molecule has 0 spiro atoms. The zero-order valence-corrected chi connectivity index (χ0v) is 14.7. The van der Waals surface area contributed by atoms with E-state index >= 15 is 0 Å². The highest BCUT2D eigenvalue weighted by atomic mass is 35.5. The molecule has 1 fully saturated rings. The highest BCUT2D eigenvalue weighted by Crippen LogP contribution is 2.49. The molecule has 0 amide bonds. The molecule has 3 rings (SSSR count). The average Bonchev–Trinajstić information content (AvgIpc) is 3.25. The Kier molecular flexibility index (Phi) is 4.87. The van der Waals surface area contributed by atoms with Crippen molar-refractivity contribution in [2.24, 2.45) is 0 Å². The molecule has 7 heteroatoms. The Labute approximate surface area is 148 Å². The Morgan fingerprint density at radius 1 is 1.25 bits per heavy atom. The van der Waals surface area contributed by atoms with Crippen LogP contribution in [0.4, 0.5) is 0 Å². The Balaban J connectivity index is 1.62. The molecular weight excluding hydrogens is 350 g/mol. The van der Waals surface area contributed by atoms with Crippen LogP contribution in [-0.2, 0) is 26.3 Å². The first-order valence-electron chi connectivity index (χ1n) is 7.60. The molecule has 0 unspecified atom stereocenters. The third-order valence-corrected chi connectivity index (χ3v) is 5.01. The second kappa shape index (κ2) is 6.91. The van der Waals surface area contributed by atoms with E-state index in [4.69, 9.17) is 21.1 Å². The smallest absolute Gasteiger partial charge is 0.367 e. The van der Waals surface area contributed by atoms with Crippen molar-refractivity contribution in [2.75, 3.05) is 6.61 Å². The van der Waals surface area contributed by atoms with Gasteiger partial charge in [-0.05, 0) is 37.5 Å². The number of benzene rings is 1. The van der Waals surface area contributed by atoms with Crippen molar-refractivity contribution in [3.8, 4) is 0 Å². The number of hydrogen-bond donors (Lipinski definition) is 0. The van der Waals surface area contributed by atoms with Crippen LogP contribution in [0.15, 0.2) is 29.6 Å². The first-order chi connectivity index (χ1) is 11.5. The Hall–Kier alpha value is -1.92. The monoisotopic (exact) mass is 365 g/mol. The molecule has 2 aromatic rings. The van der Waals surface area contributed by atoms with E-state index in [0.29, 0.717) is 17.3 Å². The van der Waals surface area contributed by atoms with Crippen molar-refractivity contribution in [3.05, 3.63) is 50.9 Å². The molecule has 5 nitrogen and oxygen atoms in total. The molecule has 24 heavy (non-hydrogen) atoms. The van der Waals surface area contributed by atoms with Crippen LogP contribution in [0.2, 0.25) is 5.02 Å². The van der Waals surface area contributed by atoms with Crippen molar-refractivity contribution in [1.82, 2.24) is 4.98 Å². The largest absolute Gasteiger partial charge is 0.461 e. The van der Waals surface area contributed by atoms with Crippen LogP contribution in [0, 0.1) is 0 Å². The van der Waals surface area contributed by atoms with E-state index in [9.17, 15) is 9.59 Å². The molecule has 0 aliphatic heterocycles. The normalized spacial score (nSPS) is 14.9. The Morgan fingerprint density at radius 2 is 1.96 bits per heavy atom. The minimum atomic E-state index is -0.565. The minimum absolute atomic E-state index is 0.0457. The van der Waals surface area contributed by atoms with Crippen molar-refractivity contribution in [3.63, 3.8) is 0 Å². The molecule has 1 aromatic carbocycles. The van der Waals surface area contributed by atoms with Gasteiger partial charge in [0.1, 0.15) is 6.61 Å². The molecular formula is C17H16ClNO4S. The Bertz CT molecular complexity index is 752. The fraction of sp³-hybridized carbons (Fsp3) is 0.353. The number of rotatable bonds is 6. The predicted octanol–water partition coefficient (Wildman–Crippen LogP) is 3.75. The van der Waals surface area contributed by atoms with E-state index in [-0.39, 0.29) is 17.6 Å². The summed E-state index contributed by atoms with van der Waals surface area (Å²) in [7, 11) is 0. The number of hydrogen-bond acceptors (Lipinski definition) is 6. The number of carbonyl (C=O) groups excluding carboxylic acids is 2. The van der Waals surface area contributed by atoms with Gasteiger partial charge in [0.15, 0.2) is 0 Å². The van der Waals surface area contributed by atoms with Gasteiger partial charge in [-0.25, -0.2) is 9.78 Å². The van der Waals surface area contributed by atoms with Crippen molar-refractivity contribution in [1.29, 1.82) is 0 Å². The zero-order valence-electron chi connectivity index (χ0n) is 13.1. The van der Waals surface area contributed by atoms with Gasteiger partial charge in [-0.3, -0.25) is 4.79 Å². The molecule has 1 aliphatic carbocycles. The van der Waals surface area contributed by atoms with Gasteiger partial charge in [0, 0.05) is 10.4 Å². The Morgan fingerprint density at radius 3 is 2.58 bits per heavy atom. The fourth-order valence-corrected chi connectivity index (χ4v) is 3.26. The number of esters is 2. The number of carbonyl (C=O) groups is 2. The standard InChI is InChI=1S/C17H16ClNO4S/c1-2-22-15(20)14-19-13(10-24-14)9-23-16(21)17(7-8-17)11-3-5-12(18)6-4-11/h3-6,10H,2,7-9H2,1H3. The second-order valence-electron chi connectivity index (χ2n) is 5.53. The van der Waals surface area contributed by atoms with Gasteiger partial charge < -0.3 is 9.47 Å². The first-order valence-corrected chi connectivity index (χ1v) is 8.86. The molecule has 1 saturated carbocycles. The maximum Gasteiger partial charge on any atom is 0.367 e. The average molecular weight is 366 g/mol. The van der Waals surface area contributed by atoms with Crippen LogP contribution in [0.5, 0.6) is 0 Å². The number of nitrogens with zero attached hydrogens (tertiary/aromatic N) is 1. The first kappa shape index (κ1) is 16.9. The van der Waals surface area contributed by atoms with Crippen LogP contribution in [-0.4, -0.2) is 23.5 Å². The lowest BCUT2D eigenvalue weighted by Gasteiger charge is -2.14. The summed E-state index contributed by atoms with van der Waals surface area (Å²) in [5.41, 5.74) is 0.899. The van der Waals surface area contributed by atoms with Crippen LogP contribution in [0.3, 0.4) is 0 Å². The molecule has 0 atom stereocenters. The zero-order chi connectivity index (χ0) is 17.2. The van der Waals surface area contributed by atoms with Crippen LogP contribution in [0.1, 0.15) is 40.8 Å². The number of thiazole rings is 1. The minimum Gasteiger partial charge on any atom is -0.461 e. The highest BCUT2D eigenvalue weighted by Gasteiger charge is 2.52. The number of aromatic nitrogens is 1. The van der Waals surface area contributed by atoms with Crippen molar-refractivity contribution >= 4 is 34.9 Å². The summed E-state index contributed by atoms with van der Waals surface area (Å²) in [6, 6.07) is 7.27. The van der Waals surface area contributed by atoms with E-state index in [1.165, 1.54) is 11.3 Å². The summed E-state index contributed by atoms with van der Waals surface area (Å²) in [6.07, 6.45) is 1.53. The molecule has 1 aromatic heterocycles. The molecule has 0 N–H and O–H groups in total. The van der Waals surface area contributed by atoms with Gasteiger partial charge in [0.2, 0.25) is 5.01 Å². The molecule has 0 radical (unpaired) electrons. The van der Waals surface area contributed by atoms with Gasteiger partial charge >= 0.3 is 11.9 Å². The summed E-state index contributed by atoms with van der Waals surface area (Å²) in [5, 5.41) is 2.60. The maximum atomic E-state index is 12.5. The lowest BCUT2D eigenvalue weighted by Crippen LogP contribution is -2.23. The lowest BCUT2D eigenvalue weighted by atomic mass is 9.96. The molecule has 0 bridgehead atoms. The molecule has 1 heterocycles. The van der Waals surface area contributed by atoms with E-state index < -0.39 is 11.4 Å². The summed E-state index contributed by atoms with van der Waals surface area (Å²) in [5.74, 6) is -0.726. The van der Waals surface area contributed by atoms with E-state index in [0.717, 1.165) is 18.4 Å². The molecule has 0 saturated heterocycles.